The summed E-state index contributed by atoms with van der Waals surface area (Å²) < 4.78 is 0. The molecular formula is C23H26N4O3. The normalized spacial score (nSPS) is 17.3. The van der Waals surface area contributed by atoms with Crippen molar-refractivity contribution >= 4 is 29.0 Å². The molecular weight excluding hydrogens is 380 g/mol. The Kier molecular flexibility index (Phi) is 6.09. The fourth-order valence-corrected chi connectivity index (χ4v) is 3.70. The SMILES string of the molecule is O=C(/C=C/c1ccc([N+](=O)[O-])cc1)Nc1cccc(N2CCN(CC3CC3)CC2)c1. The molecule has 2 aromatic rings. The van der Waals surface area contributed by atoms with Gasteiger partial charge in [-0.1, -0.05) is 6.07 Å². The van der Waals surface area contributed by atoms with Gasteiger partial charge < -0.3 is 10.2 Å². The van der Waals surface area contributed by atoms with Crippen LogP contribution < -0.4 is 10.2 Å². The molecule has 0 atom stereocenters. The van der Waals surface area contributed by atoms with E-state index in [2.05, 4.69) is 21.2 Å². The second-order valence-corrected chi connectivity index (χ2v) is 7.95. The Bertz CT molecular complexity index is 930. The minimum Gasteiger partial charge on any atom is -0.369 e. The van der Waals surface area contributed by atoms with Crippen LogP contribution in [0.3, 0.4) is 0 Å². The second-order valence-electron chi connectivity index (χ2n) is 7.95. The minimum atomic E-state index is -0.444. The molecule has 0 spiro atoms. The summed E-state index contributed by atoms with van der Waals surface area (Å²) in [5, 5.41) is 13.6. The fourth-order valence-electron chi connectivity index (χ4n) is 3.70. The second kappa shape index (κ2) is 9.09. The summed E-state index contributed by atoms with van der Waals surface area (Å²) in [6.45, 7) is 5.43. The lowest BCUT2D eigenvalue weighted by Gasteiger charge is -2.36. The zero-order valence-corrected chi connectivity index (χ0v) is 16.9. The molecule has 2 aromatic carbocycles. The molecule has 0 unspecified atom stereocenters. The van der Waals surface area contributed by atoms with E-state index < -0.39 is 4.92 Å². The van der Waals surface area contributed by atoms with Gasteiger partial charge in [0.1, 0.15) is 0 Å². The van der Waals surface area contributed by atoms with E-state index in [4.69, 9.17) is 0 Å². The first-order chi connectivity index (χ1) is 14.6. The van der Waals surface area contributed by atoms with Gasteiger partial charge in [-0.3, -0.25) is 19.8 Å². The molecule has 1 heterocycles. The summed E-state index contributed by atoms with van der Waals surface area (Å²) in [5.41, 5.74) is 2.64. The van der Waals surface area contributed by atoms with Crippen LogP contribution in [0, 0.1) is 16.0 Å². The van der Waals surface area contributed by atoms with E-state index in [1.54, 1.807) is 18.2 Å². The lowest BCUT2D eigenvalue weighted by atomic mass is 10.2. The molecule has 30 heavy (non-hydrogen) atoms. The Morgan fingerprint density at radius 2 is 1.83 bits per heavy atom. The minimum absolute atomic E-state index is 0.0294. The van der Waals surface area contributed by atoms with Crippen molar-refractivity contribution in [1.29, 1.82) is 0 Å². The summed E-state index contributed by atoms with van der Waals surface area (Å²) in [5.74, 6) is 0.689. The summed E-state index contributed by atoms with van der Waals surface area (Å²) >= 11 is 0. The van der Waals surface area contributed by atoms with Crippen molar-refractivity contribution in [2.45, 2.75) is 12.8 Å². The molecule has 2 aliphatic rings. The number of nitrogens with zero attached hydrogens (tertiary/aromatic N) is 3. The van der Waals surface area contributed by atoms with Crippen LogP contribution in [0.1, 0.15) is 18.4 Å². The standard InChI is InChI=1S/C23H26N4O3/c28-23(11-8-18-6-9-21(10-7-18)27(29)30)24-20-2-1-3-22(16-20)26-14-12-25(13-15-26)17-19-4-5-19/h1-3,6-11,16,19H,4-5,12-15,17H2,(H,24,28)/b11-8+. The summed E-state index contributed by atoms with van der Waals surface area (Å²) in [7, 11) is 0. The maximum absolute atomic E-state index is 12.3. The van der Waals surface area contributed by atoms with E-state index in [1.165, 1.54) is 37.6 Å². The number of amides is 1. The highest BCUT2D eigenvalue weighted by Crippen LogP contribution is 2.30. The zero-order valence-electron chi connectivity index (χ0n) is 16.9. The topological polar surface area (TPSA) is 78.7 Å². The van der Waals surface area contributed by atoms with Gasteiger partial charge in [0, 0.05) is 62.3 Å². The Hall–Kier alpha value is -3.19. The molecule has 1 saturated heterocycles. The first kappa shape index (κ1) is 20.1. The summed E-state index contributed by atoms with van der Waals surface area (Å²) in [4.78, 5) is 27.5. The Labute approximate surface area is 176 Å². The van der Waals surface area contributed by atoms with Gasteiger partial charge in [-0.25, -0.2) is 0 Å². The molecule has 1 amide bonds. The highest BCUT2D eigenvalue weighted by atomic mass is 16.6. The molecule has 0 aromatic heterocycles. The van der Waals surface area contributed by atoms with Gasteiger partial charge in [0.15, 0.2) is 0 Å². The number of nitro groups is 1. The van der Waals surface area contributed by atoms with Crippen LogP contribution in [0.2, 0.25) is 0 Å². The van der Waals surface area contributed by atoms with Gasteiger partial charge in [-0.2, -0.15) is 0 Å². The summed E-state index contributed by atoms with van der Waals surface area (Å²) in [6, 6.07) is 14.0. The molecule has 1 N–H and O–H groups in total. The van der Waals surface area contributed by atoms with E-state index in [0.29, 0.717) is 0 Å². The number of carbonyl (C=O) groups is 1. The molecule has 0 radical (unpaired) electrons. The zero-order chi connectivity index (χ0) is 20.9. The number of non-ortho nitro benzene ring substituents is 1. The van der Waals surface area contributed by atoms with Crippen molar-refractivity contribution in [3.05, 3.63) is 70.3 Å². The van der Waals surface area contributed by atoms with Crippen LogP contribution in [-0.4, -0.2) is 48.5 Å². The average molecular weight is 406 g/mol. The van der Waals surface area contributed by atoms with Gasteiger partial charge >= 0.3 is 0 Å². The molecule has 1 aliphatic carbocycles. The van der Waals surface area contributed by atoms with Crippen LogP contribution in [-0.2, 0) is 4.79 Å². The lowest BCUT2D eigenvalue weighted by molar-refractivity contribution is -0.384. The van der Waals surface area contributed by atoms with E-state index in [-0.39, 0.29) is 11.6 Å². The largest absolute Gasteiger partial charge is 0.369 e. The van der Waals surface area contributed by atoms with Crippen LogP contribution in [0.4, 0.5) is 17.1 Å². The molecule has 7 heteroatoms. The van der Waals surface area contributed by atoms with Gasteiger partial charge in [0.2, 0.25) is 5.91 Å². The van der Waals surface area contributed by atoms with Crippen LogP contribution in [0.15, 0.2) is 54.6 Å². The number of nitrogens with one attached hydrogen (secondary N) is 1. The highest BCUT2D eigenvalue weighted by Gasteiger charge is 2.26. The molecule has 0 bridgehead atoms. The maximum Gasteiger partial charge on any atom is 0.269 e. The van der Waals surface area contributed by atoms with E-state index in [0.717, 1.165) is 49.0 Å². The Morgan fingerprint density at radius 3 is 2.50 bits per heavy atom. The van der Waals surface area contributed by atoms with Crippen molar-refractivity contribution in [3.8, 4) is 0 Å². The number of benzene rings is 2. The number of rotatable bonds is 7. The van der Waals surface area contributed by atoms with Crippen LogP contribution >= 0.6 is 0 Å². The summed E-state index contributed by atoms with van der Waals surface area (Å²) in [6.07, 6.45) is 5.85. The third-order valence-corrected chi connectivity index (χ3v) is 5.60. The highest BCUT2D eigenvalue weighted by molar-refractivity contribution is 6.02. The number of hydrogen-bond acceptors (Lipinski definition) is 5. The average Bonchev–Trinajstić information content (AvgIpc) is 3.57. The van der Waals surface area contributed by atoms with Crippen molar-refractivity contribution in [3.63, 3.8) is 0 Å². The lowest BCUT2D eigenvalue weighted by Crippen LogP contribution is -2.47. The van der Waals surface area contributed by atoms with Crippen LogP contribution in [0.5, 0.6) is 0 Å². The van der Waals surface area contributed by atoms with Crippen molar-refractivity contribution in [1.82, 2.24) is 4.90 Å². The first-order valence-electron chi connectivity index (χ1n) is 10.4. The van der Waals surface area contributed by atoms with Crippen LogP contribution in [0.25, 0.3) is 6.08 Å². The smallest absolute Gasteiger partial charge is 0.269 e. The fraction of sp³-hybridized carbons (Fsp3) is 0.348. The predicted molar refractivity (Wildman–Crippen MR) is 119 cm³/mol. The number of hydrogen-bond donors (Lipinski definition) is 1. The quantitative estimate of drug-likeness (QED) is 0.430. The number of piperazine rings is 1. The maximum atomic E-state index is 12.3. The van der Waals surface area contributed by atoms with Gasteiger partial charge in [0.05, 0.1) is 4.92 Å². The third-order valence-electron chi connectivity index (χ3n) is 5.60. The van der Waals surface area contributed by atoms with E-state index in [9.17, 15) is 14.9 Å². The predicted octanol–water partition coefficient (Wildman–Crippen LogP) is 3.78. The van der Waals surface area contributed by atoms with Gasteiger partial charge in [-0.15, -0.1) is 0 Å². The third kappa shape index (κ3) is 5.45. The van der Waals surface area contributed by atoms with Crippen molar-refractivity contribution in [2.75, 3.05) is 42.9 Å². The van der Waals surface area contributed by atoms with E-state index in [1.807, 2.05) is 18.2 Å². The monoisotopic (exact) mass is 406 g/mol. The first-order valence-corrected chi connectivity index (χ1v) is 10.4. The Morgan fingerprint density at radius 1 is 1.10 bits per heavy atom. The molecule has 1 aliphatic heterocycles. The van der Waals surface area contributed by atoms with Gasteiger partial charge in [-0.05, 0) is 60.7 Å². The molecule has 156 valence electrons. The molecule has 2 fully saturated rings. The molecule has 1 saturated carbocycles. The Balaban J connectivity index is 1.31. The van der Waals surface area contributed by atoms with E-state index >= 15 is 0 Å². The molecule has 7 nitrogen and oxygen atoms in total. The molecule has 4 rings (SSSR count). The number of nitro benzene ring substituents is 1. The van der Waals surface area contributed by atoms with Crippen molar-refractivity contribution in [2.24, 2.45) is 5.92 Å². The number of anilines is 2. The van der Waals surface area contributed by atoms with Crippen molar-refractivity contribution < 1.29 is 9.72 Å². The van der Waals surface area contributed by atoms with Gasteiger partial charge in [0.25, 0.3) is 5.69 Å². The number of carbonyl (C=O) groups excluding carboxylic acids is 1.